The van der Waals surface area contributed by atoms with E-state index >= 15 is 0 Å². The van der Waals surface area contributed by atoms with Crippen LogP contribution < -0.4 is 16.0 Å². The normalized spacial score (nSPS) is 10.8. The van der Waals surface area contributed by atoms with Gasteiger partial charge >= 0.3 is 0 Å². The number of ether oxygens (including phenoxy) is 1. The van der Waals surface area contributed by atoms with Gasteiger partial charge in [0.25, 0.3) is 5.56 Å². The third kappa shape index (κ3) is 3.61. The van der Waals surface area contributed by atoms with Crippen LogP contribution in [0.5, 0.6) is 5.75 Å². The highest BCUT2D eigenvalue weighted by Crippen LogP contribution is 2.21. The zero-order valence-corrected chi connectivity index (χ0v) is 14.2. The van der Waals surface area contributed by atoms with Crippen LogP contribution >= 0.6 is 11.8 Å². The van der Waals surface area contributed by atoms with E-state index < -0.39 is 5.91 Å². The molecule has 2 aromatic heterocycles. The first-order valence-corrected chi connectivity index (χ1v) is 8.33. The van der Waals surface area contributed by atoms with Crippen LogP contribution in [0.25, 0.3) is 11.2 Å². The third-order valence-corrected chi connectivity index (χ3v) is 4.42. The van der Waals surface area contributed by atoms with E-state index in [0.717, 1.165) is 17.3 Å². The molecule has 0 aliphatic heterocycles. The average Bonchev–Trinajstić information content (AvgIpc) is 2.63. The van der Waals surface area contributed by atoms with Crippen molar-refractivity contribution in [2.75, 3.05) is 12.9 Å². The number of aromatic nitrogens is 4. The number of carbonyl (C=O) groups is 1. The van der Waals surface area contributed by atoms with Gasteiger partial charge in [-0.3, -0.25) is 14.2 Å². The maximum Gasteiger partial charge on any atom is 0.282 e. The van der Waals surface area contributed by atoms with Crippen LogP contribution in [0.2, 0.25) is 0 Å². The summed E-state index contributed by atoms with van der Waals surface area (Å²) < 4.78 is 6.79. The van der Waals surface area contributed by atoms with Gasteiger partial charge in [0.15, 0.2) is 16.3 Å². The Kier molecular flexibility index (Phi) is 4.94. The molecular formula is C16H15N5O3S. The number of nitrogens with zero attached hydrogens (tertiary/aromatic N) is 4. The highest BCUT2D eigenvalue weighted by molar-refractivity contribution is 7.99. The summed E-state index contributed by atoms with van der Waals surface area (Å²) >= 11 is 1.09. The molecule has 1 amide bonds. The molecule has 3 aromatic rings. The van der Waals surface area contributed by atoms with E-state index in [1.54, 1.807) is 7.11 Å². The van der Waals surface area contributed by atoms with E-state index in [0.29, 0.717) is 10.9 Å². The Morgan fingerprint density at radius 2 is 2.04 bits per heavy atom. The number of rotatable bonds is 6. The van der Waals surface area contributed by atoms with Crippen LogP contribution in [0.1, 0.15) is 5.56 Å². The second-order valence-corrected chi connectivity index (χ2v) is 6.02. The van der Waals surface area contributed by atoms with Crippen molar-refractivity contribution < 1.29 is 9.53 Å². The molecule has 1 aromatic carbocycles. The van der Waals surface area contributed by atoms with E-state index in [1.807, 2.05) is 24.3 Å². The highest BCUT2D eigenvalue weighted by Gasteiger charge is 2.15. The summed E-state index contributed by atoms with van der Waals surface area (Å²) in [5.41, 5.74) is 6.08. The van der Waals surface area contributed by atoms with Gasteiger partial charge in [-0.15, -0.1) is 0 Å². The zero-order valence-electron chi connectivity index (χ0n) is 13.4. The third-order valence-electron chi connectivity index (χ3n) is 3.42. The summed E-state index contributed by atoms with van der Waals surface area (Å²) in [6, 6.07) is 7.37. The Labute approximate surface area is 147 Å². The van der Waals surface area contributed by atoms with Gasteiger partial charge in [-0.2, -0.15) is 0 Å². The lowest BCUT2D eigenvalue weighted by molar-refractivity contribution is -0.115. The molecule has 128 valence electrons. The van der Waals surface area contributed by atoms with Crippen molar-refractivity contribution >= 4 is 28.8 Å². The van der Waals surface area contributed by atoms with Gasteiger partial charge in [-0.25, -0.2) is 15.0 Å². The van der Waals surface area contributed by atoms with Crippen molar-refractivity contribution in [3.8, 4) is 5.75 Å². The molecule has 0 aliphatic carbocycles. The lowest BCUT2D eigenvalue weighted by atomic mass is 10.2. The second kappa shape index (κ2) is 7.31. The molecule has 0 aliphatic rings. The molecule has 0 radical (unpaired) electrons. The molecule has 0 fully saturated rings. The van der Waals surface area contributed by atoms with Crippen molar-refractivity contribution in [2.45, 2.75) is 11.7 Å². The van der Waals surface area contributed by atoms with Gasteiger partial charge in [0, 0.05) is 18.0 Å². The van der Waals surface area contributed by atoms with Crippen molar-refractivity contribution in [3.05, 3.63) is 52.6 Å². The van der Waals surface area contributed by atoms with Gasteiger partial charge < -0.3 is 10.5 Å². The van der Waals surface area contributed by atoms with Crippen molar-refractivity contribution in [1.82, 2.24) is 19.5 Å². The number of methoxy groups -OCH3 is 1. The number of nitrogens with two attached hydrogens (primary N) is 1. The summed E-state index contributed by atoms with van der Waals surface area (Å²) in [6.45, 7) is 0.226. The van der Waals surface area contributed by atoms with E-state index in [9.17, 15) is 9.59 Å². The van der Waals surface area contributed by atoms with Crippen molar-refractivity contribution in [1.29, 1.82) is 0 Å². The number of benzene rings is 1. The number of hydrogen-bond donors (Lipinski definition) is 1. The minimum Gasteiger partial charge on any atom is -0.496 e. The van der Waals surface area contributed by atoms with Crippen LogP contribution in [0.15, 0.2) is 46.6 Å². The lowest BCUT2D eigenvalue weighted by Gasteiger charge is -2.14. The Morgan fingerprint density at radius 1 is 1.28 bits per heavy atom. The van der Waals surface area contributed by atoms with Crippen LogP contribution in [-0.2, 0) is 11.3 Å². The Bertz CT molecular complexity index is 989. The Morgan fingerprint density at radius 3 is 2.80 bits per heavy atom. The number of fused-ring (bicyclic) bond motifs is 1. The molecular weight excluding hydrogens is 342 g/mol. The van der Waals surface area contributed by atoms with Gasteiger partial charge in [0.05, 0.1) is 19.4 Å². The van der Waals surface area contributed by atoms with Crippen molar-refractivity contribution in [3.63, 3.8) is 0 Å². The molecule has 25 heavy (non-hydrogen) atoms. The fourth-order valence-electron chi connectivity index (χ4n) is 2.32. The predicted molar refractivity (Wildman–Crippen MR) is 93.6 cm³/mol. The summed E-state index contributed by atoms with van der Waals surface area (Å²) in [5.74, 6) is 0.159. The maximum absolute atomic E-state index is 12.8. The molecule has 0 spiro atoms. The molecule has 3 rings (SSSR count). The number of carbonyl (C=O) groups excluding carboxylic acids is 1. The SMILES string of the molecule is COc1ccccc1Cn1c(SCC(N)=O)nc2nccnc2c1=O. The molecule has 0 saturated heterocycles. The molecule has 0 unspecified atom stereocenters. The number of hydrogen-bond acceptors (Lipinski definition) is 7. The molecule has 9 heteroatoms. The smallest absolute Gasteiger partial charge is 0.282 e. The van der Waals surface area contributed by atoms with Gasteiger partial charge in [0.2, 0.25) is 5.91 Å². The monoisotopic (exact) mass is 357 g/mol. The quantitative estimate of drug-likeness (QED) is 0.513. The fraction of sp³-hybridized carbons (Fsp3) is 0.188. The summed E-state index contributed by atoms with van der Waals surface area (Å²) in [4.78, 5) is 36.5. The van der Waals surface area contributed by atoms with Crippen LogP contribution in [0, 0.1) is 0 Å². The second-order valence-electron chi connectivity index (χ2n) is 5.08. The zero-order chi connectivity index (χ0) is 17.8. The predicted octanol–water partition coefficient (Wildman–Crippen LogP) is 0.821. The Balaban J connectivity index is 2.13. The fourth-order valence-corrected chi connectivity index (χ4v) is 3.04. The maximum atomic E-state index is 12.8. The van der Waals surface area contributed by atoms with Gasteiger partial charge in [-0.1, -0.05) is 30.0 Å². The standard InChI is InChI=1S/C16H15N5O3S/c1-24-11-5-3-2-4-10(11)8-21-15(23)13-14(19-7-6-18-13)20-16(21)25-9-12(17)22/h2-7H,8-9H2,1H3,(H2,17,22). The first-order valence-electron chi connectivity index (χ1n) is 7.34. The average molecular weight is 357 g/mol. The van der Waals surface area contributed by atoms with E-state index in [2.05, 4.69) is 15.0 Å². The highest BCUT2D eigenvalue weighted by atomic mass is 32.2. The number of thioether (sulfide) groups is 1. The molecule has 0 bridgehead atoms. The molecule has 0 atom stereocenters. The van der Waals surface area contributed by atoms with E-state index in [4.69, 9.17) is 10.5 Å². The largest absolute Gasteiger partial charge is 0.496 e. The number of primary amides is 1. The summed E-state index contributed by atoms with van der Waals surface area (Å²) in [7, 11) is 1.56. The topological polar surface area (TPSA) is 113 Å². The van der Waals surface area contributed by atoms with E-state index in [-0.39, 0.29) is 29.0 Å². The number of para-hydroxylation sites is 1. The molecule has 2 heterocycles. The van der Waals surface area contributed by atoms with Crippen LogP contribution in [-0.4, -0.2) is 38.3 Å². The Hall–Kier alpha value is -2.94. The van der Waals surface area contributed by atoms with E-state index in [1.165, 1.54) is 17.0 Å². The van der Waals surface area contributed by atoms with Crippen molar-refractivity contribution in [2.24, 2.45) is 5.73 Å². The molecule has 8 nitrogen and oxygen atoms in total. The lowest BCUT2D eigenvalue weighted by Crippen LogP contribution is -2.26. The first-order chi connectivity index (χ1) is 12.1. The summed E-state index contributed by atoms with van der Waals surface area (Å²) in [5, 5.41) is 0.350. The van der Waals surface area contributed by atoms with Gasteiger partial charge in [-0.05, 0) is 6.07 Å². The molecule has 0 saturated carbocycles. The minimum absolute atomic E-state index is 0.00410. The summed E-state index contributed by atoms with van der Waals surface area (Å²) in [6.07, 6.45) is 2.90. The minimum atomic E-state index is -0.498. The molecule has 2 N–H and O–H groups in total. The first kappa shape index (κ1) is 16.9. The van der Waals surface area contributed by atoms with Crippen LogP contribution in [0.3, 0.4) is 0 Å². The van der Waals surface area contributed by atoms with Crippen LogP contribution in [0.4, 0.5) is 0 Å². The van der Waals surface area contributed by atoms with Gasteiger partial charge in [0.1, 0.15) is 5.75 Å². The number of amides is 1.